The van der Waals surface area contributed by atoms with Gasteiger partial charge in [-0.1, -0.05) is 29.8 Å². The molecular weight excluding hydrogens is 298 g/mol. The van der Waals surface area contributed by atoms with Crippen LogP contribution in [0.25, 0.3) is 0 Å². The van der Waals surface area contributed by atoms with E-state index in [2.05, 4.69) is 36.1 Å². The molecule has 5 heteroatoms. The number of rotatable bonds is 5. The summed E-state index contributed by atoms with van der Waals surface area (Å²) in [6.07, 6.45) is 0.751. The van der Waals surface area contributed by atoms with Crippen molar-refractivity contribution in [1.82, 2.24) is 4.90 Å². The number of benzene rings is 1. The third-order valence-corrected chi connectivity index (χ3v) is 7.73. The summed E-state index contributed by atoms with van der Waals surface area (Å²) in [5, 5.41) is 0. The van der Waals surface area contributed by atoms with Crippen molar-refractivity contribution in [1.29, 1.82) is 0 Å². The van der Waals surface area contributed by atoms with E-state index in [0.29, 0.717) is 32.1 Å². The number of hydrogen-bond acceptors (Lipinski definition) is 4. The van der Waals surface area contributed by atoms with Crippen LogP contribution < -0.4 is 0 Å². The molecule has 0 aromatic heterocycles. The van der Waals surface area contributed by atoms with Gasteiger partial charge in [-0.2, -0.15) is 0 Å². The van der Waals surface area contributed by atoms with Crippen molar-refractivity contribution in [2.75, 3.05) is 32.1 Å². The SMILES string of the molecule is CCOC[C@@H]1CCS(=O)(=O)C12CN(Cc1ccc(C)cc1)C2. The molecule has 0 unspecified atom stereocenters. The lowest BCUT2D eigenvalue weighted by molar-refractivity contribution is 0.0292. The van der Waals surface area contributed by atoms with E-state index < -0.39 is 14.6 Å². The molecule has 2 saturated heterocycles. The zero-order valence-electron chi connectivity index (χ0n) is 13.4. The van der Waals surface area contributed by atoms with E-state index in [1.165, 1.54) is 11.1 Å². The van der Waals surface area contributed by atoms with E-state index in [4.69, 9.17) is 4.74 Å². The van der Waals surface area contributed by atoms with Gasteiger partial charge in [0.1, 0.15) is 4.75 Å². The third-order valence-electron chi connectivity index (χ3n) is 5.13. The average molecular weight is 323 g/mol. The van der Waals surface area contributed by atoms with E-state index in [1.54, 1.807) is 0 Å². The highest BCUT2D eigenvalue weighted by Gasteiger charge is 2.61. The molecule has 2 aliphatic heterocycles. The largest absolute Gasteiger partial charge is 0.381 e. The molecule has 0 radical (unpaired) electrons. The Kier molecular flexibility index (Phi) is 4.32. The quantitative estimate of drug-likeness (QED) is 0.832. The van der Waals surface area contributed by atoms with Gasteiger partial charge in [0.05, 0.1) is 12.4 Å². The van der Waals surface area contributed by atoms with Crippen LogP contribution in [0.1, 0.15) is 24.5 Å². The summed E-state index contributed by atoms with van der Waals surface area (Å²) >= 11 is 0. The van der Waals surface area contributed by atoms with E-state index in [1.807, 2.05) is 6.92 Å². The predicted molar refractivity (Wildman–Crippen MR) is 87.6 cm³/mol. The van der Waals surface area contributed by atoms with Gasteiger partial charge in [-0.3, -0.25) is 4.90 Å². The van der Waals surface area contributed by atoms with Crippen molar-refractivity contribution in [3.63, 3.8) is 0 Å². The molecule has 0 amide bonds. The number of aryl methyl sites for hydroxylation is 1. The average Bonchev–Trinajstić information content (AvgIpc) is 2.70. The first kappa shape index (κ1) is 16.0. The second-order valence-corrected chi connectivity index (χ2v) is 9.11. The second-order valence-electron chi connectivity index (χ2n) is 6.66. The van der Waals surface area contributed by atoms with Gasteiger partial charge < -0.3 is 4.74 Å². The Hall–Kier alpha value is -0.910. The van der Waals surface area contributed by atoms with Crippen LogP contribution in [-0.2, 0) is 21.1 Å². The topological polar surface area (TPSA) is 46.6 Å². The van der Waals surface area contributed by atoms with Crippen molar-refractivity contribution in [2.45, 2.75) is 31.6 Å². The molecule has 0 aliphatic carbocycles. The van der Waals surface area contributed by atoms with Crippen LogP contribution in [0.15, 0.2) is 24.3 Å². The molecule has 0 N–H and O–H groups in total. The van der Waals surface area contributed by atoms with Crippen molar-refractivity contribution in [2.24, 2.45) is 5.92 Å². The molecule has 2 fully saturated rings. The van der Waals surface area contributed by atoms with E-state index >= 15 is 0 Å². The number of ether oxygens (including phenoxy) is 1. The minimum absolute atomic E-state index is 0.159. The minimum Gasteiger partial charge on any atom is -0.381 e. The highest BCUT2D eigenvalue weighted by atomic mass is 32.2. The maximum atomic E-state index is 12.5. The summed E-state index contributed by atoms with van der Waals surface area (Å²) in [5.41, 5.74) is 2.50. The number of hydrogen-bond donors (Lipinski definition) is 0. The molecule has 0 bridgehead atoms. The highest BCUT2D eigenvalue weighted by Crippen LogP contribution is 2.45. The van der Waals surface area contributed by atoms with Gasteiger partial charge in [-0.25, -0.2) is 8.42 Å². The van der Waals surface area contributed by atoms with Crippen molar-refractivity contribution < 1.29 is 13.2 Å². The monoisotopic (exact) mass is 323 g/mol. The minimum atomic E-state index is -2.98. The maximum Gasteiger partial charge on any atom is 0.158 e. The lowest BCUT2D eigenvalue weighted by Gasteiger charge is -2.50. The molecule has 2 heterocycles. The van der Waals surface area contributed by atoms with Gasteiger partial charge in [-0.15, -0.1) is 0 Å². The Balaban J connectivity index is 1.66. The Morgan fingerprint density at radius 1 is 1.27 bits per heavy atom. The van der Waals surface area contributed by atoms with Crippen molar-refractivity contribution in [3.8, 4) is 0 Å². The third kappa shape index (κ3) is 2.70. The molecule has 122 valence electrons. The lowest BCUT2D eigenvalue weighted by atomic mass is 9.83. The van der Waals surface area contributed by atoms with Crippen LogP contribution in [0.3, 0.4) is 0 Å². The summed E-state index contributed by atoms with van der Waals surface area (Å²) in [5.74, 6) is 0.482. The zero-order valence-corrected chi connectivity index (χ0v) is 14.2. The van der Waals surface area contributed by atoms with Crippen LogP contribution in [0, 0.1) is 12.8 Å². The Morgan fingerprint density at radius 3 is 2.59 bits per heavy atom. The zero-order chi connectivity index (χ0) is 15.8. The molecule has 4 nitrogen and oxygen atoms in total. The molecule has 1 aromatic rings. The molecular formula is C17H25NO3S. The van der Waals surface area contributed by atoms with Crippen molar-refractivity contribution >= 4 is 9.84 Å². The standard InChI is InChI=1S/C17H25NO3S/c1-3-21-11-16-8-9-22(19,20)17(16)12-18(13-17)10-15-6-4-14(2)5-7-15/h4-7,16H,3,8-13H2,1-2H3/t16-/m0/s1. The first-order chi connectivity index (χ1) is 10.5. The Labute approximate surface area is 133 Å². The van der Waals surface area contributed by atoms with Gasteiger partial charge >= 0.3 is 0 Å². The summed E-state index contributed by atoms with van der Waals surface area (Å²) in [4.78, 5) is 2.24. The molecule has 0 saturated carbocycles. The molecule has 3 rings (SSSR count). The highest BCUT2D eigenvalue weighted by molar-refractivity contribution is 7.93. The molecule has 1 spiro atoms. The summed E-state index contributed by atoms with van der Waals surface area (Å²) < 4.78 is 30.0. The number of sulfone groups is 1. The lowest BCUT2D eigenvalue weighted by Crippen LogP contribution is -2.67. The summed E-state index contributed by atoms with van der Waals surface area (Å²) in [6.45, 7) is 7.40. The van der Waals surface area contributed by atoms with Gasteiger partial charge in [0, 0.05) is 32.2 Å². The van der Waals surface area contributed by atoms with Crippen LogP contribution in [0.2, 0.25) is 0 Å². The normalized spacial score (nSPS) is 26.2. The summed E-state index contributed by atoms with van der Waals surface area (Å²) in [7, 11) is -2.98. The van der Waals surface area contributed by atoms with E-state index in [0.717, 1.165) is 13.0 Å². The van der Waals surface area contributed by atoms with Crippen molar-refractivity contribution in [3.05, 3.63) is 35.4 Å². The second kappa shape index (κ2) is 5.95. The van der Waals surface area contributed by atoms with Crippen LogP contribution in [-0.4, -0.2) is 50.1 Å². The van der Waals surface area contributed by atoms with Gasteiger partial charge in [0.25, 0.3) is 0 Å². The first-order valence-electron chi connectivity index (χ1n) is 8.05. The van der Waals surface area contributed by atoms with E-state index in [9.17, 15) is 8.42 Å². The summed E-state index contributed by atoms with van der Waals surface area (Å²) in [6, 6.07) is 8.46. The van der Waals surface area contributed by atoms with Gasteiger partial charge in [0.2, 0.25) is 0 Å². The molecule has 1 atom stereocenters. The molecule has 22 heavy (non-hydrogen) atoms. The Morgan fingerprint density at radius 2 is 1.95 bits per heavy atom. The fourth-order valence-corrected chi connectivity index (χ4v) is 6.20. The van der Waals surface area contributed by atoms with Crippen LogP contribution >= 0.6 is 0 Å². The predicted octanol–water partition coefficient (Wildman–Crippen LogP) is 2.02. The van der Waals surface area contributed by atoms with Gasteiger partial charge in [0.15, 0.2) is 9.84 Å². The number of likely N-dealkylation sites (tertiary alicyclic amines) is 1. The van der Waals surface area contributed by atoms with E-state index in [-0.39, 0.29) is 5.92 Å². The number of nitrogens with zero attached hydrogens (tertiary/aromatic N) is 1. The Bertz CT molecular complexity index is 618. The fraction of sp³-hybridized carbons (Fsp3) is 0.647. The molecule has 1 aromatic carbocycles. The smallest absolute Gasteiger partial charge is 0.158 e. The van der Waals surface area contributed by atoms with Gasteiger partial charge in [-0.05, 0) is 25.8 Å². The van der Waals surface area contributed by atoms with Crippen LogP contribution in [0.5, 0.6) is 0 Å². The maximum absolute atomic E-state index is 12.5. The van der Waals surface area contributed by atoms with Crippen LogP contribution in [0.4, 0.5) is 0 Å². The molecule has 2 aliphatic rings. The fourth-order valence-electron chi connectivity index (χ4n) is 3.74. The first-order valence-corrected chi connectivity index (χ1v) is 9.70.